The second kappa shape index (κ2) is 9.25. The molecule has 3 rings (SSSR count). The average Bonchev–Trinajstić information content (AvgIpc) is 2.73. The van der Waals surface area contributed by atoms with E-state index in [9.17, 15) is 4.79 Å². The van der Waals surface area contributed by atoms with Crippen LogP contribution in [0.3, 0.4) is 0 Å². The maximum absolute atomic E-state index is 12.8. The summed E-state index contributed by atoms with van der Waals surface area (Å²) >= 11 is 0. The molecule has 0 aliphatic heterocycles. The lowest BCUT2D eigenvalue weighted by molar-refractivity contribution is 0.102. The Hall–Kier alpha value is -3.27. The third kappa shape index (κ3) is 5.66. The van der Waals surface area contributed by atoms with Gasteiger partial charge in [0.05, 0.1) is 7.11 Å². The molecule has 0 heterocycles. The van der Waals surface area contributed by atoms with E-state index in [4.69, 9.17) is 9.47 Å². The van der Waals surface area contributed by atoms with Crippen molar-refractivity contribution < 1.29 is 14.3 Å². The van der Waals surface area contributed by atoms with Crippen LogP contribution in [0.4, 0.5) is 5.69 Å². The SMILES string of the molecule is COc1ccc(C(=O)Nc2ccc(C)cc2C)cc1COc1ccc(C(C)(C)C)cc1. The third-order valence-corrected chi connectivity index (χ3v) is 5.29. The Morgan fingerprint density at radius 1 is 0.935 bits per heavy atom. The number of hydrogen-bond acceptors (Lipinski definition) is 3. The Morgan fingerprint density at radius 3 is 2.26 bits per heavy atom. The van der Waals surface area contributed by atoms with E-state index >= 15 is 0 Å². The fourth-order valence-electron chi connectivity index (χ4n) is 3.39. The van der Waals surface area contributed by atoms with Gasteiger partial charge in [-0.3, -0.25) is 4.79 Å². The molecule has 31 heavy (non-hydrogen) atoms. The van der Waals surface area contributed by atoms with Gasteiger partial charge in [-0.25, -0.2) is 0 Å². The fourth-order valence-corrected chi connectivity index (χ4v) is 3.39. The smallest absolute Gasteiger partial charge is 0.255 e. The summed E-state index contributed by atoms with van der Waals surface area (Å²) in [6.45, 7) is 10.9. The Kier molecular flexibility index (Phi) is 6.69. The van der Waals surface area contributed by atoms with Gasteiger partial charge < -0.3 is 14.8 Å². The molecule has 4 nitrogen and oxygen atoms in total. The van der Waals surface area contributed by atoms with Crippen molar-refractivity contribution in [2.24, 2.45) is 0 Å². The van der Waals surface area contributed by atoms with Crippen molar-refractivity contribution >= 4 is 11.6 Å². The number of nitrogens with one attached hydrogen (secondary N) is 1. The van der Waals surface area contributed by atoms with E-state index in [2.05, 4.69) is 38.2 Å². The molecule has 4 heteroatoms. The van der Waals surface area contributed by atoms with Crippen molar-refractivity contribution in [2.75, 3.05) is 12.4 Å². The maximum Gasteiger partial charge on any atom is 0.255 e. The van der Waals surface area contributed by atoms with Gasteiger partial charge in [-0.1, -0.05) is 50.6 Å². The standard InChI is InChI=1S/C27H31NO3/c1-18-7-13-24(19(2)15-18)28-26(29)20-8-14-25(30-6)21(16-20)17-31-23-11-9-22(10-12-23)27(3,4)5/h7-16H,17H2,1-6H3,(H,28,29). The summed E-state index contributed by atoms with van der Waals surface area (Å²) in [5, 5.41) is 2.99. The van der Waals surface area contributed by atoms with Crippen LogP contribution in [0.15, 0.2) is 60.7 Å². The predicted octanol–water partition coefficient (Wildman–Crippen LogP) is 6.44. The number of hydrogen-bond donors (Lipinski definition) is 1. The summed E-state index contributed by atoms with van der Waals surface area (Å²) in [7, 11) is 1.62. The first kappa shape index (κ1) is 22.4. The number of amides is 1. The lowest BCUT2D eigenvalue weighted by Gasteiger charge is -2.19. The highest BCUT2D eigenvalue weighted by Crippen LogP contribution is 2.26. The van der Waals surface area contributed by atoms with Gasteiger partial charge in [0.1, 0.15) is 18.1 Å². The van der Waals surface area contributed by atoms with Gasteiger partial charge in [0, 0.05) is 16.8 Å². The zero-order valence-electron chi connectivity index (χ0n) is 19.2. The Morgan fingerprint density at radius 2 is 1.65 bits per heavy atom. The molecule has 0 saturated heterocycles. The van der Waals surface area contributed by atoms with E-state index in [1.165, 1.54) is 5.56 Å². The van der Waals surface area contributed by atoms with Crippen molar-refractivity contribution in [3.63, 3.8) is 0 Å². The summed E-state index contributed by atoms with van der Waals surface area (Å²) in [6, 6.07) is 19.5. The zero-order valence-corrected chi connectivity index (χ0v) is 19.2. The highest BCUT2D eigenvalue weighted by atomic mass is 16.5. The molecule has 0 aromatic heterocycles. The topological polar surface area (TPSA) is 47.6 Å². The van der Waals surface area contributed by atoms with E-state index in [0.29, 0.717) is 17.9 Å². The van der Waals surface area contributed by atoms with Crippen LogP contribution in [-0.4, -0.2) is 13.0 Å². The number of carbonyl (C=O) groups is 1. The van der Waals surface area contributed by atoms with E-state index in [-0.39, 0.29) is 11.3 Å². The molecule has 1 N–H and O–H groups in total. The van der Waals surface area contributed by atoms with E-state index in [1.807, 2.05) is 50.2 Å². The van der Waals surface area contributed by atoms with Crippen molar-refractivity contribution in [3.8, 4) is 11.5 Å². The molecular weight excluding hydrogens is 386 g/mol. The molecule has 0 bridgehead atoms. The molecule has 0 unspecified atom stereocenters. The molecule has 3 aromatic carbocycles. The van der Waals surface area contributed by atoms with E-state index < -0.39 is 0 Å². The minimum absolute atomic E-state index is 0.0965. The van der Waals surface area contributed by atoms with Crippen LogP contribution in [-0.2, 0) is 12.0 Å². The molecule has 0 saturated carbocycles. The zero-order chi connectivity index (χ0) is 22.6. The highest BCUT2D eigenvalue weighted by Gasteiger charge is 2.14. The summed E-state index contributed by atoms with van der Waals surface area (Å²) in [5.74, 6) is 1.31. The second-order valence-corrected chi connectivity index (χ2v) is 8.86. The van der Waals surface area contributed by atoms with Gasteiger partial charge in [0.25, 0.3) is 5.91 Å². The minimum atomic E-state index is -0.162. The van der Waals surface area contributed by atoms with Crippen LogP contribution in [0.1, 0.15) is 53.4 Å². The Balaban J connectivity index is 1.75. The van der Waals surface area contributed by atoms with Crippen molar-refractivity contribution in [1.82, 2.24) is 0 Å². The first-order valence-corrected chi connectivity index (χ1v) is 10.5. The van der Waals surface area contributed by atoms with Gasteiger partial charge in [-0.2, -0.15) is 0 Å². The second-order valence-electron chi connectivity index (χ2n) is 8.86. The average molecular weight is 418 g/mol. The molecule has 0 fully saturated rings. The van der Waals surface area contributed by atoms with Gasteiger partial charge in [-0.15, -0.1) is 0 Å². The van der Waals surface area contributed by atoms with Gasteiger partial charge in [0.2, 0.25) is 0 Å². The molecule has 0 aliphatic carbocycles. The van der Waals surface area contributed by atoms with Crippen LogP contribution >= 0.6 is 0 Å². The summed E-state index contributed by atoms with van der Waals surface area (Å²) in [4.78, 5) is 12.8. The van der Waals surface area contributed by atoms with Crippen LogP contribution < -0.4 is 14.8 Å². The summed E-state index contributed by atoms with van der Waals surface area (Å²) in [5.41, 5.74) is 5.72. The normalized spacial score (nSPS) is 11.2. The third-order valence-electron chi connectivity index (χ3n) is 5.29. The predicted molar refractivity (Wildman–Crippen MR) is 126 cm³/mol. The van der Waals surface area contributed by atoms with Crippen LogP contribution in [0, 0.1) is 13.8 Å². The minimum Gasteiger partial charge on any atom is -0.496 e. The molecular formula is C27H31NO3. The number of ether oxygens (including phenoxy) is 2. The molecule has 0 aliphatic rings. The van der Waals surface area contributed by atoms with E-state index in [1.54, 1.807) is 19.2 Å². The molecule has 3 aromatic rings. The summed E-state index contributed by atoms with van der Waals surface area (Å²) in [6.07, 6.45) is 0. The van der Waals surface area contributed by atoms with Crippen molar-refractivity contribution in [1.29, 1.82) is 0 Å². The molecule has 1 amide bonds. The first-order valence-electron chi connectivity index (χ1n) is 10.5. The Bertz CT molecular complexity index is 1060. The van der Waals surface area contributed by atoms with Crippen LogP contribution in [0.5, 0.6) is 11.5 Å². The van der Waals surface area contributed by atoms with Crippen molar-refractivity contribution in [2.45, 2.75) is 46.6 Å². The number of anilines is 1. The van der Waals surface area contributed by atoms with Crippen molar-refractivity contribution in [3.05, 3.63) is 88.5 Å². The molecule has 162 valence electrons. The van der Waals surface area contributed by atoms with Gasteiger partial charge in [-0.05, 0) is 66.8 Å². The lowest BCUT2D eigenvalue weighted by atomic mass is 9.87. The number of carbonyl (C=O) groups excluding carboxylic acids is 1. The quantitative estimate of drug-likeness (QED) is 0.502. The number of benzene rings is 3. The monoisotopic (exact) mass is 417 g/mol. The summed E-state index contributed by atoms with van der Waals surface area (Å²) < 4.78 is 11.4. The van der Waals surface area contributed by atoms with E-state index in [0.717, 1.165) is 28.1 Å². The highest BCUT2D eigenvalue weighted by molar-refractivity contribution is 6.04. The molecule has 0 spiro atoms. The lowest BCUT2D eigenvalue weighted by Crippen LogP contribution is -2.13. The molecule has 0 radical (unpaired) electrons. The number of methoxy groups -OCH3 is 1. The molecule has 0 atom stereocenters. The first-order chi connectivity index (χ1) is 14.7. The van der Waals surface area contributed by atoms with Crippen LogP contribution in [0.25, 0.3) is 0 Å². The maximum atomic E-state index is 12.8. The fraction of sp³-hybridized carbons (Fsp3) is 0.296. The number of aryl methyl sites for hydroxylation is 2. The van der Waals surface area contributed by atoms with Gasteiger partial charge >= 0.3 is 0 Å². The number of rotatable bonds is 6. The Labute approximate surface area is 185 Å². The largest absolute Gasteiger partial charge is 0.496 e. The van der Waals surface area contributed by atoms with Crippen LogP contribution in [0.2, 0.25) is 0 Å². The van der Waals surface area contributed by atoms with Gasteiger partial charge in [0.15, 0.2) is 0 Å².